The van der Waals surface area contributed by atoms with E-state index in [0.717, 1.165) is 25.2 Å². The summed E-state index contributed by atoms with van der Waals surface area (Å²) in [7, 11) is 3.46. The SMILES string of the molecule is CN(C)c1ccc(C(=O)Nc2cccc(CN3CCCC3)c2)cc1[N+](=O)[O-]. The molecule has 0 unspecified atom stereocenters. The minimum absolute atomic E-state index is 0.0876. The zero-order valence-electron chi connectivity index (χ0n) is 15.6. The number of amides is 1. The molecule has 1 fully saturated rings. The van der Waals surface area contributed by atoms with Crippen LogP contribution in [0.1, 0.15) is 28.8 Å². The lowest BCUT2D eigenvalue weighted by Gasteiger charge is -2.15. The van der Waals surface area contributed by atoms with Gasteiger partial charge in [0.1, 0.15) is 5.69 Å². The van der Waals surface area contributed by atoms with Gasteiger partial charge in [0.2, 0.25) is 0 Å². The van der Waals surface area contributed by atoms with E-state index < -0.39 is 4.92 Å². The molecule has 142 valence electrons. The van der Waals surface area contributed by atoms with E-state index in [1.807, 2.05) is 24.3 Å². The number of nitrogens with zero attached hydrogens (tertiary/aromatic N) is 3. The van der Waals surface area contributed by atoms with Gasteiger partial charge in [0.05, 0.1) is 4.92 Å². The highest BCUT2D eigenvalue weighted by Crippen LogP contribution is 2.28. The van der Waals surface area contributed by atoms with E-state index in [2.05, 4.69) is 10.2 Å². The van der Waals surface area contributed by atoms with E-state index in [1.54, 1.807) is 31.1 Å². The van der Waals surface area contributed by atoms with Gasteiger partial charge >= 0.3 is 0 Å². The average Bonchev–Trinajstić information content (AvgIpc) is 3.14. The van der Waals surface area contributed by atoms with E-state index in [0.29, 0.717) is 11.4 Å². The Balaban J connectivity index is 1.75. The van der Waals surface area contributed by atoms with E-state index in [1.165, 1.54) is 18.9 Å². The second-order valence-electron chi connectivity index (χ2n) is 6.99. The number of carbonyl (C=O) groups is 1. The molecule has 3 rings (SSSR count). The van der Waals surface area contributed by atoms with E-state index in [4.69, 9.17) is 0 Å². The fraction of sp³-hybridized carbons (Fsp3) is 0.350. The number of hydrogen-bond acceptors (Lipinski definition) is 5. The molecular weight excluding hydrogens is 344 g/mol. The Labute approximate surface area is 158 Å². The quantitative estimate of drug-likeness (QED) is 0.623. The number of nitrogens with one attached hydrogen (secondary N) is 1. The van der Waals surface area contributed by atoms with Crippen molar-refractivity contribution in [2.24, 2.45) is 0 Å². The number of rotatable bonds is 6. The Morgan fingerprint density at radius 3 is 2.59 bits per heavy atom. The lowest BCUT2D eigenvalue weighted by atomic mass is 10.1. The molecule has 1 aliphatic heterocycles. The predicted molar refractivity (Wildman–Crippen MR) is 106 cm³/mol. The van der Waals surface area contributed by atoms with Crippen molar-refractivity contribution in [2.75, 3.05) is 37.4 Å². The Morgan fingerprint density at radius 1 is 1.19 bits per heavy atom. The summed E-state index contributed by atoms with van der Waals surface area (Å²) < 4.78 is 0. The standard InChI is InChI=1S/C20H24N4O3/c1-22(2)18-9-8-16(13-19(18)24(26)27)20(25)21-17-7-5-6-15(12-17)14-23-10-3-4-11-23/h5-9,12-13H,3-4,10-11,14H2,1-2H3,(H,21,25). The first kappa shape index (κ1) is 18.8. The van der Waals surface area contributed by atoms with Crippen LogP contribution >= 0.6 is 0 Å². The summed E-state index contributed by atoms with van der Waals surface area (Å²) in [5.41, 5.74) is 2.47. The zero-order valence-corrected chi connectivity index (χ0v) is 15.6. The number of nitro benzene ring substituents is 1. The minimum Gasteiger partial charge on any atom is -0.372 e. The van der Waals surface area contributed by atoms with Crippen LogP contribution in [0.2, 0.25) is 0 Å². The molecule has 2 aromatic carbocycles. The summed E-state index contributed by atoms with van der Waals surface area (Å²) in [5, 5.41) is 14.2. The number of hydrogen-bond donors (Lipinski definition) is 1. The number of likely N-dealkylation sites (tertiary alicyclic amines) is 1. The van der Waals surface area contributed by atoms with Crippen LogP contribution in [0.15, 0.2) is 42.5 Å². The smallest absolute Gasteiger partial charge is 0.293 e. The van der Waals surface area contributed by atoms with E-state index in [-0.39, 0.29) is 17.2 Å². The largest absolute Gasteiger partial charge is 0.372 e. The summed E-state index contributed by atoms with van der Waals surface area (Å²) in [6.45, 7) is 3.09. The maximum Gasteiger partial charge on any atom is 0.293 e. The van der Waals surface area contributed by atoms with Crippen molar-refractivity contribution < 1.29 is 9.72 Å². The molecule has 1 saturated heterocycles. The molecular formula is C20H24N4O3. The summed E-state index contributed by atoms with van der Waals surface area (Å²) in [6.07, 6.45) is 2.47. The van der Waals surface area contributed by atoms with Crippen LogP contribution in [0.3, 0.4) is 0 Å². The van der Waals surface area contributed by atoms with Crippen molar-refractivity contribution in [2.45, 2.75) is 19.4 Å². The van der Waals surface area contributed by atoms with Crippen molar-refractivity contribution in [1.82, 2.24) is 4.90 Å². The number of benzene rings is 2. The Bertz CT molecular complexity index is 845. The first-order valence-corrected chi connectivity index (χ1v) is 9.02. The van der Waals surface area contributed by atoms with Crippen LogP contribution in [0.5, 0.6) is 0 Å². The molecule has 7 heteroatoms. The molecule has 0 spiro atoms. The Morgan fingerprint density at radius 2 is 1.93 bits per heavy atom. The summed E-state index contributed by atoms with van der Waals surface area (Å²) in [5.74, 6) is -0.360. The third-order valence-corrected chi connectivity index (χ3v) is 4.71. The van der Waals surface area contributed by atoms with Gasteiger partial charge in [-0.25, -0.2) is 0 Å². The summed E-state index contributed by atoms with van der Waals surface area (Å²) in [6, 6.07) is 12.3. The molecule has 1 amide bonds. The molecule has 27 heavy (non-hydrogen) atoms. The molecule has 0 atom stereocenters. The predicted octanol–water partition coefficient (Wildman–Crippen LogP) is 3.51. The molecule has 1 heterocycles. The van der Waals surface area contributed by atoms with Crippen molar-refractivity contribution in [3.63, 3.8) is 0 Å². The van der Waals surface area contributed by atoms with Gasteiger partial charge in [0, 0.05) is 38.0 Å². The minimum atomic E-state index is -0.469. The maximum atomic E-state index is 12.6. The highest BCUT2D eigenvalue weighted by Gasteiger charge is 2.19. The molecule has 1 N–H and O–H groups in total. The summed E-state index contributed by atoms with van der Waals surface area (Å²) in [4.78, 5) is 27.5. The highest BCUT2D eigenvalue weighted by atomic mass is 16.6. The normalized spacial score (nSPS) is 14.1. The number of carbonyl (C=O) groups excluding carboxylic acids is 1. The first-order valence-electron chi connectivity index (χ1n) is 9.02. The van der Waals surface area contributed by atoms with Gasteiger partial charge < -0.3 is 10.2 Å². The lowest BCUT2D eigenvalue weighted by molar-refractivity contribution is -0.384. The van der Waals surface area contributed by atoms with Crippen LogP contribution in [0.4, 0.5) is 17.1 Å². The van der Waals surface area contributed by atoms with Crippen LogP contribution in [-0.2, 0) is 6.54 Å². The average molecular weight is 368 g/mol. The van der Waals surface area contributed by atoms with Crippen molar-refractivity contribution >= 4 is 23.0 Å². The fourth-order valence-corrected chi connectivity index (χ4v) is 3.34. The number of anilines is 2. The van der Waals surface area contributed by atoms with E-state index >= 15 is 0 Å². The second kappa shape index (κ2) is 8.18. The Kier molecular flexibility index (Phi) is 5.71. The van der Waals surface area contributed by atoms with Gasteiger partial charge in [0.15, 0.2) is 0 Å². The van der Waals surface area contributed by atoms with Gasteiger partial charge in [0.25, 0.3) is 11.6 Å². The molecule has 2 aromatic rings. The molecule has 7 nitrogen and oxygen atoms in total. The van der Waals surface area contributed by atoms with Crippen LogP contribution < -0.4 is 10.2 Å². The lowest BCUT2D eigenvalue weighted by Crippen LogP contribution is -2.18. The monoisotopic (exact) mass is 368 g/mol. The second-order valence-corrected chi connectivity index (χ2v) is 6.99. The molecule has 0 radical (unpaired) electrons. The first-order chi connectivity index (χ1) is 12.9. The molecule has 0 aliphatic carbocycles. The Hall–Kier alpha value is -2.93. The van der Waals surface area contributed by atoms with Crippen LogP contribution in [0, 0.1) is 10.1 Å². The van der Waals surface area contributed by atoms with Crippen molar-refractivity contribution in [3.8, 4) is 0 Å². The summed E-state index contributed by atoms with van der Waals surface area (Å²) >= 11 is 0. The van der Waals surface area contributed by atoms with Gasteiger partial charge in [-0.05, 0) is 55.8 Å². The van der Waals surface area contributed by atoms with Gasteiger partial charge in [-0.1, -0.05) is 12.1 Å². The zero-order chi connectivity index (χ0) is 19.4. The number of nitro groups is 1. The van der Waals surface area contributed by atoms with Crippen LogP contribution in [0.25, 0.3) is 0 Å². The van der Waals surface area contributed by atoms with Crippen LogP contribution in [-0.4, -0.2) is 42.9 Å². The topological polar surface area (TPSA) is 78.7 Å². The maximum absolute atomic E-state index is 12.6. The van der Waals surface area contributed by atoms with Crippen molar-refractivity contribution in [3.05, 3.63) is 63.7 Å². The molecule has 1 aliphatic rings. The van der Waals surface area contributed by atoms with Crippen molar-refractivity contribution in [1.29, 1.82) is 0 Å². The third kappa shape index (κ3) is 4.62. The van der Waals surface area contributed by atoms with E-state index in [9.17, 15) is 14.9 Å². The highest BCUT2D eigenvalue weighted by molar-refractivity contribution is 6.05. The van der Waals surface area contributed by atoms with Gasteiger partial charge in [-0.2, -0.15) is 0 Å². The molecule has 0 bridgehead atoms. The fourth-order valence-electron chi connectivity index (χ4n) is 3.34. The van der Waals surface area contributed by atoms with Gasteiger partial charge in [-0.3, -0.25) is 19.8 Å². The van der Waals surface area contributed by atoms with Gasteiger partial charge in [-0.15, -0.1) is 0 Å². The molecule has 0 aromatic heterocycles. The molecule has 0 saturated carbocycles. The third-order valence-electron chi connectivity index (χ3n) is 4.71.